The highest BCUT2D eigenvalue weighted by Crippen LogP contribution is 2.43. The van der Waals surface area contributed by atoms with Crippen LogP contribution in [0.3, 0.4) is 0 Å². The van der Waals surface area contributed by atoms with Crippen molar-refractivity contribution in [1.82, 2.24) is 30.0 Å². The Bertz CT molecular complexity index is 1870. The van der Waals surface area contributed by atoms with Crippen LogP contribution in [0.1, 0.15) is 53.1 Å². The van der Waals surface area contributed by atoms with Crippen LogP contribution in [0.2, 0.25) is 0 Å². The average Bonchev–Trinajstić information content (AvgIpc) is 3.75. The maximum Gasteiger partial charge on any atom is 0.433 e. The van der Waals surface area contributed by atoms with Crippen LogP contribution in [-0.4, -0.2) is 40.9 Å². The van der Waals surface area contributed by atoms with Gasteiger partial charge in [0.2, 0.25) is 11.9 Å². The molecule has 14 heteroatoms. The number of hydrogen-bond donors (Lipinski definition) is 4. The number of halogens is 3. The third-order valence-corrected chi connectivity index (χ3v) is 9.38. The molecule has 0 aliphatic heterocycles. The van der Waals surface area contributed by atoms with Crippen molar-refractivity contribution >= 4 is 28.9 Å². The van der Waals surface area contributed by atoms with Crippen molar-refractivity contribution in [2.75, 3.05) is 5.32 Å². The first kappa shape index (κ1) is 32.3. The normalized spacial score (nSPS) is 18.2. The first-order valence-electron chi connectivity index (χ1n) is 15.0. The molecule has 1 aliphatic carbocycles. The summed E-state index contributed by atoms with van der Waals surface area (Å²) in [6, 6.07) is 13.9. The van der Waals surface area contributed by atoms with Crippen LogP contribution in [0.4, 0.5) is 24.8 Å². The van der Waals surface area contributed by atoms with Crippen LogP contribution in [0.15, 0.2) is 73.3 Å². The van der Waals surface area contributed by atoms with E-state index >= 15 is 0 Å². The van der Waals surface area contributed by atoms with Gasteiger partial charge in [0.15, 0.2) is 0 Å². The van der Waals surface area contributed by atoms with Crippen LogP contribution in [0, 0.1) is 12.8 Å². The summed E-state index contributed by atoms with van der Waals surface area (Å²) in [6.07, 6.45) is 3.32. The lowest BCUT2D eigenvalue weighted by Crippen LogP contribution is -2.38. The van der Waals surface area contributed by atoms with Gasteiger partial charge in [0, 0.05) is 42.3 Å². The van der Waals surface area contributed by atoms with Gasteiger partial charge in [0.1, 0.15) is 16.3 Å². The number of thiazole rings is 1. The molecule has 0 spiro atoms. The Morgan fingerprint density at radius 3 is 2.53 bits per heavy atom. The lowest BCUT2D eigenvalue weighted by molar-refractivity contribution is -0.141. The highest BCUT2D eigenvalue weighted by Gasteiger charge is 2.39. The van der Waals surface area contributed by atoms with Crippen LogP contribution >= 0.6 is 11.3 Å². The minimum atomic E-state index is -4.58. The summed E-state index contributed by atoms with van der Waals surface area (Å²) in [5, 5.41) is 31.4. The number of aliphatic hydroxyl groups is 2. The Morgan fingerprint density at radius 2 is 1.83 bits per heavy atom. The van der Waals surface area contributed by atoms with Gasteiger partial charge < -0.3 is 20.8 Å². The summed E-state index contributed by atoms with van der Waals surface area (Å²) in [5.41, 5.74) is 2.48. The van der Waals surface area contributed by atoms with Gasteiger partial charge in [-0.2, -0.15) is 18.3 Å². The largest absolute Gasteiger partial charge is 0.433 e. The molecule has 4 N–H and O–H groups in total. The smallest absolute Gasteiger partial charge is 0.392 e. The van der Waals surface area contributed by atoms with Crippen LogP contribution in [0.5, 0.6) is 0 Å². The summed E-state index contributed by atoms with van der Waals surface area (Å²) in [7, 11) is 0. The highest BCUT2D eigenvalue weighted by atomic mass is 32.1. The Labute approximate surface area is 272 Å². The summed E-state index contributed by atoms with van der Waals surface area (Å²) in [4.78, 5) is 25.8. The Morgan fingerprint density at radius 1 is 1.06 bits per heavy atom. The number of hydrogen-bond acceptors (Lipinski definition) is 9. The summed E-state index contributed by atoms with van der Waals surface area (Å²) >= 11 is 1.35. The van der Waals surface area contributed by atoms with E-state index in [2.05, 4.69) is 30.7 Å². The van der Waals surface area contributed by atoms with Crippen molar-refractivity contribution in [3.8, 4) is 16.1 Å². The van der Waals surface area contributed by atoms with E-state index in [1.165, 1.54) is 11.3 Å². The molecule has 10 nitrogen and oxygen atoms in total. The number of nitrogens with one attached hydrogen (secondary N) is 2. The first-order valence-corrected chi connectivity index (χ1v) is 15.8. The second-order valence-corrected chi connectivity index (χ2v) is 12.7. The van der Waals surface area contributed by atoms with Gasteiger partial charge in [-0.15, -0.1) is 11.3 Å². The van der Waals surface area contributed by atoms with Crippen LogP contribution in [-0.2, 0) is 29.7 Å². The number of nitrogens with zero attached hydrogens (tertiary/aromatic N) is 5. The number of rotatable bonds is 9. The van der Waals surface area contributed by atoms with Gasteiger partial charge in [-0.3, -0.25) is 4.79 Å². The Hall–Kier alpha value is -4.66. The molecule has 0 bridgehead atoms. The van der Waals surface area contributed by atoms with Crippen molar-refractivity contribution in [3.05, 3.63) is 101 Å². The molecule has 0 radical (unpaired) electrons. The van der Waals surface area contributed by atoms with E-state index in [9.17, 15) is 28.2 Å². The third kappa shape index (κ3) is 7.50. The number of alkyl halides is 3. The molecule has 0 unspecified atom stereocenters. The van der Waals surface area contributed by atoms with Gasteiger partial charge in [-0.25, -0.2) is 19.6 Å². The maximum atomic E-state index is 13.1. The zero-order valence-corrected chi connectivity index (χ0v) is 26.1. The summed E-state index contributed by atoms with van der Waals surface area (Å²) in [6.45, 7) is 2.17. The third-order valence-electron chi connectivity index (χ3n) is 8.14. The SMILES string of the molecule is Cc1cc(Nc2nccc(C(F)(F)F)n2)cc(-c2cnc(C3(O)CCC(C(=O)NCc4ccc(-n5cc(CO)cn5)cc4)CC3)s2)c1. The van der Waals surface area contributed by atoms with E-state index in [-0.39, 0.29) is 24.4 Å². The fraction of sp³-hybridized carbons (Fsp3) is 0.303. The Balaban J connectivity index is 1.05. The van der Waals surface area contributed by atoms with Gasteiger partial charge in [-0.05, 0) is 79.6 Å². The quantitative estimate of drug-likeness (QED) is 0.150. The van der Waals surface area contributed by atoms with Gasteiger partial charge in [0.25, 0.3) is 0 Å². The minimum absolute atomic E-state index is 0.0554. The average molecular weight is 664 g/mol. The van der Waals surface area contributed by atoms with E-state index in [4.69, 9.17) is 0 Å². The lowest BCUT2D eigenvalue weighted by atomic mass is 9.78. The molecule has 6 rings (SSSR count). The molecular formula is C33H32F3N7O3S. The maximum absolute atomic E-state index is 13.1. The van der Waals surface area contributed by atoms with Crippen LogP contribution < -0.4 is 10.6 Å². The molecule has 1 saturated carbocycles. The van der Waals surface area contributed by atoms with Crippen molar-refractivity contribution in [2.24, 2.45) is 5.92 Å². The zero-order chi connectivity index (χ0) is 33.2. The number of benzene rings is 2. The number of anilines is 2. The van der Waals surface area contributed by atoms with E-state index in [0.29, 0.717) is 42.9 Å². The molecule has 5 aromatic rings. The number of aliphatic hydroxyl groups excluding tert-OH is 1. The van der Waals surface area contributed by atoms with Crippen molar-refractivity contribution in [3.63, 3.8) is 0 Å². The molecule has 3 heterocycles. The van der Waals surface area contributed by atoms with Gasteiger partial charge >= 0.3 is 6.18 Å². The van der Waals surface area contributed by atoms with E-state index in [1.54, 1.807) is 35.4 Å². The fourth-order valence-corrected chi connectivity index (χ4v) is 6.63. The van der Waals surface area contributed by atoms with E-state index < -0.39 is 17.5 Å². The first-order chi connectivity index (χ1) is 22.5. The van der Waals surface area contributed by atoms with Gasteiger partial charge in [0.05, 0.1) is 23.4 Å². The monoisotopic (exact) mass is 663 g/mol. The van der Waals surface area contributed by atoms with Crippen molar-refractivity contribution in [2.45, 2.75) is 57.5 Å². The molecule has 2 aromatic carbocycles. The van der Waals surface area contributed by atoms with E-state index in [0.717, 1.165) is 45.1 Å². The number of aromatic nitrogens is 5. The number of aryl methyl sites for hydroxylation is 1. The van der Waals surface area contributed by atoms with Crippen LogP contribution in [0.25, 0.3) is 16.1 Å². The fourth-order valence-electron chi connectivity index (χ4n) is 5.58. The molecule has 1 aliphatic rings. The molecule has 1 fully saturated rings. The molecule has 244 valence electrons. The number of carbonyl (C=O) groups excluding carboxylic acids is 1. The molecule has 0 atom stereocenters. The summed E-state index contributed by atoms with van der Waals surface area (Å²) in [5.74, 6) is -0.448. The summed E-state index contributed by atoms with van der Waals surface area (Å²) < 4.78 is 41.0. The molecule has 0 saturated heterocycles. The second kappa shape index (κ2) is 13.2. The standard InChI is InChI=1S/C33H32F3N7O3S/c1-20-12-24(14-25(13-20)41-31-37-11-8-28(42-31)33(34,35)36)27-17-39-30(47-27)32(46)9-6-23(7-10-32)29(45)38-15-21-2-4-26(5-3-21)43-18-22(19-44)16-40-43/h2-5,8,11-14,16-18,23,44,46H,6-7,9-10,15,19H2,1H3,(H,38,45)(H,37,41,42). The topological polar surface area (TPSA) is 138 Å². The Kier molecular flexibility index (Phi) is 9.08. The van der Waals surface area contributed by atoms with Crippen molar-refractivity contribution in [1.29, 1.82) is 0 Å². The molecular weight excluding hydrogens is 631 g/mol. The predicted octanol–water partition coefficient (Wildman–Crippen LogP) is 6.04. The number of carbonyl (C=O) groups is 1. The number of amides is 1. The van der Waals surface area contributed by atoms with Gasteiger partial charge in [-0.1, -0.05) is 18.2 Å². The predicted molar refractivity (Wildman–Crippen MR) is 170 cm³/mol. The molecule has 1 amide bonds. The van der Waals surface area contributed by atoms with Crippen molar-refractivity contribution < 1.29 is 28.2 Å². The lowest BCUT2D eigenvalue weighted by Gasteiger charge is -2.33. The highest BCUT2D eigenvalue weighted by molar-refractivity contribution is 7.15. The second-order valence-electron chi connectivity index (χ2n) is 11.6. The van der Waals surface area contributed by atoms with E-state index in [1.807, 2.05) is 37.3 Å². The minimum Gasteiger partial charge on any atom is -0.392 e. The molecule has 3 aromatic heterocycles. The molecule has 47 heavy (non-hydrogen) atoms. The zero-order valence-electron chi connectivity index (χ0n) is 25.3.